The molecule has 17 heavy (non-hydrogen) atoms. The minimum Gasteiger partial charge on any atom is -0.491 e. The van der Waals surface area contributed by atoms with Crippen LogP contribution in [0.1, 0.15) is 17.7 Å². The largest absolute Gasteiger partial charge is 0.491 e. The fourth-order valence-corrected chi connectivity index (χ4v) is 1.29. The standard InChI is InChI=1S/C10H11F2NO4/c1-16-6(14)3-5-4-13-7(10(11)12)9(17-2)8(5)15/h4,10H,3H2,1-2H3,(H,13,15). The summed E-state index contributed by atoms with van der Waals surface area (Å²) in [7, 11) is 2.28. The van der Waals surface area contributed by atoms with Gasteiger partial charge in [0.1, 0.15) is 5.69 Å². The monoisotopic (exact) mass is 247 g/mol. The average molecular weight is 247 g/mol. The first kappa shape index (κ1) is 13.1. The number of nitrogens with one attached hydrogen (secondary N) is 1. The Morgan fingerprint density at radius 3 is 2.59 bits per heavy atom. The van der Waals surface area contributed by atoms with E-state index in [1.165, 1.54) is 7.11 Å². The summed E-state index contributed by atoms with van der Waals surface area (Å²) in [5, 5.41) is 0. The summed E-state index contributed by atoms with van der Waals surface area (Å²) in [5.74, 6) is -1.12. The molecule has 0 bridgehead atoms. The molecule has 0 fully saturated rings. The van der Waals surface area contributed by atoms with Crippen molar-refractivity contribution in [2.45, 2.75) is 12.8 Å². The zero-order chi connectivity index (χ0) is 13.0. The molecule has 0 radical (unpaired) electrons. The topological polar surface area (TPSA) is 68.4 Å². The summed E-state index contributed by atoms with van der Waals surface area (Å²) in [6.07, 6.45) is -2.10. The number of pyridine rings is 1. The Morgan fingerprint density at radius 2 is 2.12 bits per heavy atom. The highest BCUT2D eigenvalue weighted by atomic mass is 19.3. The lowest BCUT2D eigenvalue weighted by Gasteiger charge is -2.08. The zero-order valence-electron chi connectivity index (χ0n) is 9.25. The van der Waals surface area contributed by atoms with Crippen LogP contribution in [0.2, 0.25) is 0 Å². The number of aromatic amines is 1. The normalized spacial score (nSPS) is 10.4. The Hall–Kier alpha value is -1.92. The molecule has 0 aromatic carbocycles. The van der Waals surface area contributed by atoms with Gasteiger partial charge in [-0.25, -0.2) is 8.78 Å². The van der Waals surface area contributed by atoms with Gasteiger partial charge in [0, 0.05) is 11.8 Å². The van der Waals surface area contributed by atoms with E-state index in [1.54, 1.807) is 0 Å². The first-order valence-corrected chi connectivity index (χ1v) is 4.64. The predicted octanol–water partition coefficient (Wildman–Crippen LogP) is 1.04. The number of carbonyl (C=O) groups is 1. The van der Waals surface area contributed by atoms with E-state index >= 15 is 0 Å². The molecule has 1 heterocycles. The summed E-state index contributed by atoms with van der Waals surface area (Å²) >= 11 is 0. The third-order valence-corrected chi connectivity index (χ3v) is 2.13. The van der Waals surface area contributed by atoms with Gasteiger partial charge in [-0.2, -0.15) is 0 Å². The van der Waals surface area contributed by atoms with Crippen LogP contribution in [0.5, 0.6) is 5.75 Å². The molecule has 0 unspecified atom stereocenters. The number of esters is 1. The van der Waals surface area contributed by atoms with Gasteiger partial charge in [0.15, 0.2) is 5.75 Å². The molecule has 0 spiro atoms. The fraction of sp³-hybridized carbons (Fsp3) is 0.400. The van der Waals surface area contributed by atoms with Gasteiger partial charge in [0.2, 0.25) is 5.43 Å². The molecule has 1 N–H and O–H groups in total. The van der Waals surface area contributed by atoms with E-state index in [0.717, 1.165) is 13.3 Å². The first-order chi connectivity index (χ1) is 8.01. The second-order valence-electron chi connectivity index (χ2n) is 3.14. The highest BCUT2D eigenvalue weighted by Crippen LogP contribution is 2.23. The second-order valence-corrected chi connectivity index (χ2v) is 3.14. The van der Waals surface area contributed by atoms with Crippen molar-refractivity contribution < 1.29 is 23.0 Å². The minimum absolute atomic E-state index is 0.0121. The zero-order valence-corrected chi connectivity index (χ0v) is 9.25. The number of carbonyl (C=O) groups excluding carboxylic acids is 1. The molecule has 0 aliphatic heterocycles. The lowest BCUT2D eigenvalue weighted by molar-refractivity contribution is -0.139. The molecular weight excluding hydrogens is 236 g/mol. The number of ether oxygens (including phenoxy) is 2. The lowest BCUT2D eigenvalue weighted by atomic mass is 10.1. The van der Waals surface area contributed by atoms with Crippen molar-refractivity contribution in [3.63, 3.8) is 0 Å². The molecule has 0 aliphatic rings. The number of rotatable bonds is 4. The number of aromatic nitrogens is 1. The predicted molar refractivity (Wildman–Crippen MR) is 54.3 cm³/mol. The second kappa shape index (κ2) is 5.42. The van der Waals surface area contributed by atoms with Gasteiger partial charge in [-0.1, -0.05) is 0 Å². The number of hydrogen-bond donors (Lipinski definition) is 1. The fourth-order valence-electron chi connectivity index (χ4n) is 1.29. The van der Waals surface area contributed by atoms with E-state index in [1.807, 2.05) is 0 Å². The van der Waals surface area contributed by atoms with Crippen LogP contribution in [0.25, 0.3) is 0 Å². The molecule has 0 saturated heterocycles. The summed E-state index contributed by atoms with van der Waals surface area (Å²) in [4.78, 5) is 24.9. The number of methoxy groups -OCH3 is 2. The molecular formula is C10H11F2NO4. The smallest absolute Gasteiger partial charge is 0.310 e. The van der Waals surface area contributed by atoms with Gasteiger partial charge in [-0.05, 0) is 0 Å². The third-order valence-electron chi connectivity index (χ3n) is 2.13. The van der Waals surface area contributed by atoms with Gasteiger partial charge in [0.25, 0.3) is 6.43 Å². The average Bonchev–Trinajstić information content (AvgIpc) is 2.30. The SMILES string of the molecule is COC(=O)Cc1c[nH]c(C(F)F)c(OC)c1=O. The molecule has 0 aliphatic carbocycles. The summed E-state index contributed by atoms with van der Waals surface area (Å²) in [6.45, 7) is 0. The van der Waals surface area contributed by atoms with E-state index < -0.39 is 29.3 Å². The molecule has 0 saturated carbocycles. The maximum absolute atomic E-state index is 12.5. The number of hydrogen-bond acceptors (Lipinski definition) is 4. The van der Waals surface area contributed by atoms with E-state index in [4.69, 9.17) is 0 Å². The van der Waals surface area contributed by atoms with E-state index in [0.29, 0.717) is 0 Å². The molecule has 1 aromatic heterocycles. The molecule has 1 aromatic rings. The molecule has 1 rings (SSSR count). The molecule has 7 heteroatoms. The summed E-state index contributed by atoms with van der Waals surface area (Å²) in [5.41, 5.74) is -1.34. The van der Waals surface area contributed by atoms with Crippen LogP contribution in [0.4, 0.5) is 8.78 Å². The van der Waals surface area contributed by atoms with Crippen LogP contribution in [-0.4, -0.2) is 25.2 Å². The number of halogens is 2. The Morgan fingerprint density at radius 1 is 1.47 bits per heavy atom. The highest BCUT2D eigenvalue weighted by Gasteiger charge is 2.20. The van der Waals surface area contributed by atoms with Crippen LogP contribution in [0.15, 0.2) is 11.0 Å². The Kier molecular flexibility index (Phi) is 4.19. The van der Waals surface area contributed by atoms with Crippen molar-refractivity contribution in [1.29, 1.82) is 0 Å². The van der Waals surface area contributed by atoms with Crippen LogP contribution in [0, 0.1) is 0 Å². The highest BCUT2D eigenvalue weighted by molar-refractivity contribution is 5.72. The number of alkyl halides is 2. The van der Waals surface area contributed by atoms with Crippen molar-refractivity contribution >= 4 is 5.97 Å². The van der Waals surface area contributed by atoms with Crippen LogP contribution in [-0.2, 0) is 16.0 Å². The van der Waals surface area contributed by atoms with Crippen molar-refractivity contribution in [2.75, 3.05) is 14.2 Å². The first-order valence-electron chi connectivity index (χ1n) is 4.64. The van der Waals surface area contributed by atoms with Crippen LogP contribution >= 0.6 is 0 Å². The minimum atomic E-state index is -2.86. The van der Waals surface area contributed by atoms with Crippen LogP contribution < -0.4 is 10.2 Å². The van der Waals surface area contributed by atoms with E-state index in [-0.39, 0.29) is 12.0 Å². The van der Waals surface area contributed by atoms with E-state index in [2.05, 4.69) is 14.5 Å². The van der Waals surface area contributed by atoms with Crippen molar-refractivity contribution in [2.24, 2.45) is 0 Å². The Bertz CT molecular complexity index is 470. The van der Waals surface area contributed by atoms with Crippen molar-refractivity contribution in [3.05, 3.63) is 27.7 Å². The third kappa shape index (κ3) is 2.80. The molecule has 0 atom stereocenters. The van der Waals surface area contributed by atoms with Crippen molar-refractivity contribution in [1.82, 2.24) is 4.98 Å². The van der Waals surface area contributed by atoms with Crippen LogP contribution in [0.3, 0.4) is 0 Å². The maximum atomic E-state index is 12.5. The Balaban J connectivity index is 3.20. The van der Waals surface area contributed by atoms with Gasteiger partial charge in [-0.3, -0.25) is 9.59 Å². The van der Waals surface area contributed by atoms with Gasteiger partial charge >= 0.3 is 5.97 Å². The summed E-state index contributed by atoms with van der Waals surface area (Å²) < 4.78 is 34.0. The molecule has 5 nitrogen and oxygen atoms in total. The maximum Gasteiger partial charge on any atom is 0.310 e. The molecule has 94 valence electrons. The quantitative estimate of drug-likeness (QED) is 0.807. The van der Waals surface area contributed by atoms with Gasteiger partial charge < -0.3 is 14.5 Å². The van der Waals surface area contributed by atoms with Crippen molar-refractivity contribution in [3.8, 4) is 5.75 Å². The number of H-pyrrole nitrogens is 1. The summed E-state index contributed by atoms with van der Waals surface area (Å²) in [6, 6.07) is 0. The Labute approximate surface area is 95.4 Å². The lowest BCUT2D eigenvalue weighted by Crippen LogP contribution is -2.19. The van der Waals surface area contributed by atoms with E-state index in [9.17, 15) is 18.4 Å². The van der Waals surface area contributed by atoms with Gasteiger partial charge in [0.05, 0.1) is 20.6 Å². The van der Waals surface area contributed by atoms with Gasteiger partial charge in [-0.15, -0.1) is 0 Å². The molecule has 0 amide bonds.